The molecule has 4 heterocycles. The van der Waals surface area contributed by atoms with Crippen molar-refractivity contribution in [3.63, 3.8) is 0 Å². The molecule has 56 heavy (non-hydrogen) atoms. The van der Waals surface area contributed by atoms with E-state index in [1.54, 1.807) is 0 Å². The second-order valence-electron chi connectivity index (χ2n) is 14.5. The van der Waals surface area contributed by atoms with Crippen molar-refractivity contribution in [2.45, 2.75) is 20.1 Å². The lowest BCUT2D eigenvalue weighted by molar-refractivity contribution is 0.479. The number of nitrogens with zero attached hydrogens (tertiary/aromatic N) is 4. The smallest absolute Gasteiger partial charge is 0.213 e. The minimum Gasteiger partial charge on any atom is -0.457 e. The first-order valence-electron chi connectivity index (χ1n) is 19.0. The average Bonchev–Trinajstić information content (AvgIpc) is 3.73. The maximum atomic E-state index is 7.10. The summed E-state index contributed by atoms with van der Waals surface area (Å²) in [6.45, 7) is 4.31. The van der Waals surface area contributed by atoms with Crippen LogP contribution in [0.5, 0.6) is 11.5 Å². The molecule has 266 valence electrons. The number of aryl methyl sites for hydroxylation is 1. The molecular weight excluding hydrogens is 703 g/mol. The van der Waals surface area contributed by atoms with Crippen molar-refractivity contribution < 1.29 is 4.74 Å². The fourth-order valence-electron chi connectivity index (χ4n) is 9.07. The van der Waals surface area contributed by atoms with Crippen molar-refractivity contribution in [2.24, 2.45) is 9.98 Å². The summed E-state index contributed by atoms with van der Waals surface area (Å²) < 4.78 is 11.6. The molecule has 0 aliphatic carbocycles. The minimum atomic E-state index is -2.90. The molecule has 2 aromatic heterocycles. The monoisotopic (exact) mass is 737 g/mol. The van der Waals surface area contributed by atoms with E-state index >= 15 is 0 Å². The molecule has 2 aliphatic rings. The fourth-order valence-corrected chi connectivity index (χ4v) is 14.0. The van der Waals surface area contributed by atoms with E-state index in [4.69, 9.17) is 14.7 Å². The van der Waals surface area contributed by atoms with Crippen LogP contribution in [0.2, 0.25) is 0 Å². The molecule has 0 fully saturated rings. The van der Waals surface area contributed by atoms with Crippen molar-refractivity contribution in [2.75, 3.05) is 0 Å². The van der Waals surface area contributed by atoms with E-state index in [9.17, 15) is 0 Å². The van der Waals surface area contributed by atoms with Gasteiger partial charge in [-0.15, -0.1) is 0 Å². The van der Waals surface area contributed by atoms with Crippen LogP contribution in [0.15, 0.2) is 174 Å². The van der Waals surface area contributed by atoms with Crippen molar-refractivity contribution >= 4 is 73.3 Å². The summed E-state index contributed by atoms with van der Waals surface area (Å²) in [5.41, 5.74) is 6.18. The van der Waals surface area contributed by atoms with Crippen LogP contribution in [-0.4, -0.2) is 29.0 Å². The quantitative estimate of drug-likeness (QED) is 0.187. The first-order chi connectivity index (χ1) is 27.6. The van der Waals surface area contributed by atoms with Crippen LogP contribution in [0.3, 0.4) is 0 Å². The number of para-hydroxylation sites is 4. The molecule has 1 N–H and O–H groups in total. The number of hydrogen-bond acceptors (Lipinski definition) is 4. The number of hydrogen-bond donors (Lipinski definition) is 1. The second kappa shape index (κ2) is 12.5. The van der Waals surface area contributed by atoms with Gasteiger partial charge < -0.3 is 10.1 Å². The van der Waals surface area contributed by atoms with E-state index in [1.165, 1.54) is 26.3 Å². The van der Waals surface area contributed by atoms with E-state index < -0.39 is 14.4 Å². The van der Waals surface area contributed by atoms with E-state index in [1.807, 2.05) is 6.07 Å². The van der Waals surface area contributed by atoms with Crippen LogP contribution in [0.1, 0.15) is 23.1 Å². The number of nitrogens with one attached hydrogen (secondary N) is 1. The van der Waals surface area contributed by atoms with Crippen molar-refractivity contribution in [1.82, 2.24) is 14.5 Å². The van der Waals surface area contributed by atoms with Crippen LogP contribution in [0, 0.1) is 26.0 Å². The van der Waals surface area contributed by atoms with Gasteiger partial charge in [-0.2, -0.15) is 4.99 Å². The zero-order chi connectivity index (χ0) is 37.4. The molecule has 2 aliphatic heterocycles. The Morgan fingerprint density at radius 3 is 1.98 bits per heavy atom. The van der Waals surface area contributed by atoms with Gasteiger partial charge in [0.2, 0.25) is 12.2 Å². The van der Waals surface area contributed by atoms with Gasteiger partial charge >= 0.3 is 0 Å². The lowest BCUT2D eigenvalue weighted by atomic mass is 10.1. The number of aliphatic imine (C=N–C) groups is 2. The van der Waals surface area contributed by atoms with Gasteiger partial charge in [0.05, 0.1) is 16.6 Å². The molecule has 6 nitrogen and oxygen atoms in total. The van der Waals surface area contributed by atoms with Crippen LogP contribution >= 0.6 is 0 Å². The number of fused-ring (bicyclic) bond motifs is 6. The van der Waals surface area contributed by atoms with Crippen LogP contribution in [0.25, 0.3) is 32.7 Å². The molecule has 7 heteroatoms. The Morgan fingerprint density at radius 2 is 1.27 bits per heavy atom. The molecule has 0 amide bonds. The number of rotatable bonds is 4. The van der Waals surface area contributed by atoms with Gasteiger partial charge in [0.1, 0.15) is 17.0 Å². The standard InChI is InChI=1S/C49H35N5OSi/c1-32-33(2)53(40-26-12-9-22-36(32)40)48-50-47(51-49(52-48)54-41-27-13-10-23-37(41)38-24-11-14-28-42(38)54)39-25-17-31-45-46(39)55-43-29-15-16-30-44(43)56(45,34-18-5-3-6-19-34)35-20-7-4-8-21-35/h3-11,13-25,27-31,48H,1-2H3,(H,50,51,52). The molecule has 0 saturated carbocycles. The molecule has 0 bridgehead atoms. The first-order valence-corrected chi connectivity index (χ1v) is 21.0. The molecule has 0 saturated heterocycles. The average molecular weight is 738 g/mol. The molecule has 7 aromatic carbocycles. The van der Waals surface area contributed by atoms with Gasteiger partial charge in [0.25, 0.3) is 0 Å². The maximum absolute atomic E-state index is 7.10. The summed E-state index contributed by atoms with van der Waals surface area (Å²) in [6, 6.07) is 64.7. The highest BCUT2D eigenvalue weighted by Crippen LogP contribution is 2.36. The second-order valence-corrected chi connectivity index (χ2v) is 18.2. The Kier molecular flexibility index (Phi) is 7.18. The number of amidine groups is 1. The third-order valence-corrected chi connectivity index (χ3v) is 16.5. The van der Waals surface area contributed by atoms with Gasteiger partial charge in [0, 0.05) is 21.9 Å². The molecule has 1 atom stereocenters. The maximum Gasteiger partial charge on any atom is 0.213 e. The Bertz CT molecular complexity index is 2980. The Balaban J connectivity index is 1.21. The SMILES string of the molecule is Cc1c(C)n(C2N=C(c3cccc4c3Oc3ccccc3[Si]4(c3ccccc3)c3ccccc3)N=C(n3c4ccccc4c4ccccc43)N2)c2c#cccc12. The first kappa shape index (κ1) is 32.3. The highest BCUT2D eigenvalue weighted by atomic mass is 28.3. The predicted molar refractivity (Wildman–Crippen MR) is 230 cm³/mol. The predicted octanol–water partition coefficient (Wildman–Crippen LogP) is 7.86. The number of aromatic nitrogens is 2. The zero-order valence-electron chi connectivity index (χ0n) is 30.9. The summed E-state index contributed by atoms with van der Waals surface area (Å²) in [7, 11) is -2.90. The normalized spacial score (nSPS) is 15.6. The van der Waals surface area contributed by atoms with Gasteiger partial charge in [-0.05, 0) is 82.6 Å². The third-order valence-electron chi connectivity index (χ3n) is 11.7. The van der Waals surface area contributed by atoms with Crippen molar-refractivity contribution in [3.8, 4) is 11.5 Å². The van der Waals surface area contributed by atoms with Crippen LogP contribution in [0.4, 0.5) is 0 Å². The van der Waals surface area contributed by atoms with E-state index in [2.05, 4.69) is 198 Å². The zero-order valence-corrected chi connectivity index (χ0v) is 31.9. The summed E-state index contributed by atoms with van der Waals surface area (Å²) in [4.78, 5) is 11.0. The molecule has 0 spiro atoms. The number of ether oxygens (including phenoxy) is 1. The Labute approximate surface area is 325 Å². The van der Waals surface area contributed by atoms with Gasteiger partial charge in [-0.3, -0.25) is 9.13 Å². The lowest BCUT2D eigenvalue weighted by Crippen LogP contribution is -2.76. The molecular formula is C49H35N5OSi. The number of benzene rings is 6. The van der Waals surface area contributed by atoms with E-state index in [-0.39, 0.29) is 0 Å². The molecule has 9 aromatic rings. The Hall–Kier alpha value is -7.14. The fraction of sp³-hybridized carbons (Fsp3) is 0.0612. The lowest BCUT2D eigenvalue weighted by Gasteiger charge is -2.40. The Morgan fingerprint density at radius 1 is 0.643 bits per heavy atom. The largest absolute Gasteiger partial charge is 0.457 e. The summed E-state index contributed by atoms with van der Waals surface area (Å²) >= 11 is 0. The van der Waals surface area contributed by atoms with Crippen LogP contribution in [-0.2, 0) is 0 Å². The van der Waals surface area contributed by atoms with Crippen LogP contribution < -0.4 is 30.8 Å². The topological polar surface area (TPSA) is 55.8 Å². The van der Waals surface area contributed by atoms with Gasteiger partial charge in [0.15, 0.2) is 13.9 Å². The summed E-state index contributed by atoms with van der Waals surface area (Å²) in [6.07, 6.45) is -0.544. The molecule has 0 radical (unpaired) electrons. The van der Waals surface area contributed by atoms with E-state index in [0.717, 1.165) is 55.5 Å². The van der Waals surface area contributed by atoms with Crippen molar-refractivity contribution in [3.05, 3.63) is 193 Å². The molecule has 11 rings (SSSR count). The third kappa shape index (κ3) is 4.57. The van der Waals surface area contributed by atoms with Crippen molar-refractivity contribution in [1.29, 1.82) is 0 Å². The van der Waals surface area contributed by atoms with E-state index in [0.29, 0.717) is 11.8 Å². The molecule has 1 unspecified atom stereocenters. The summed E-state index contributed by atoms with van der Waals surface area (Å²) in [5.74, 6) is 2.92. The van der Waals surface area contributed by atoms with Gasteiger partial charge in [-0.25, -0.2) is 4.99 Å². The minimum absolute atomic E-state index is 0.544. The van der Waals surface area contributed by atoms with Gasteiger partial charge in [-0.1, -0.05) is 133 Å². The highest BCUT2D eigenvalue weighted by molar-refractivity contribution is 7.20. The highest BCUT2D eigenvalue weighted by Gasteiger charge is 2.48. The summed E-state index contributed by atoms with van der Waals surface area (Å²) in [5, 5.41) is 12.2.